The molecule has 0 atom stereocenters. The zero-order valence-corrected chi connectivity index (χ0v) is 13.0. The van der Waals surface area contributed by atoms with Gasteiger partial charge in [-0.25, -0.2) is 4.79 Å². The van der Waals surface area contributed by atoms with Crippen molar-refractivity contribution in [1.82, 2.24) is 0 Å². The van der Waals surface area contributed by atoms with Crippen molar-refractivity contribution in [3.05, 3.63) is 42.3 Å². The molecule has 1 aromatic carbocycles. The van der Waals surface area contributed by atoms with Crippen LogP contribution < -0.4 is 29.6 Å². The van der Waals surface area contributed by atoms with Gasteiger partial charge < -0.3 is 11.7 Å². The average molecular weight is 284 g/mol. The predicted octanol–water partition coefficient (Wildman–Crippen LogP) is -1.80. The molecule has 1 aromatic rings. The third-order valence-corrected chi connectivity index (χ3v) is 1.66. The smallest absolute Gasteiger partial charge is 0.465 e. The van der Waals surface area contributed by atoms with E-state index in [0.29, 0.717) is 5.56 Å². The van der Waals surface area contributed by atoms with E-state index in [-0.39, 0.29) is 35.5 Å². The summed E-state index contributed by atoms with van der Waals surface area (Å²) in [5.41, 5.74) is 1.69. The first kappa shape index (κ1) is 19.9. The van der Waals surface area contributed by atoms with Gasteiger partial charge in [0, 0.05) is 0 Å². The zero-order chi connectivity index (χ0) is 13.5. The molecule has 0 saturated carbocycles. The van der Waals surface area contributed by atoms with Gasteiger partial charge in [-0.15, -0.1) is 0 Å². The Hall–Kier alpha value is -0.440. The summed E-state index contributed by atoms with van der Waals surface area (Å²) in [6.45, 7) is 3.73. The summed E-state index contributed by atoms with van der Waals surface area (Å²) in [5.74, 6) is -0.300. The molecule has 0 aliphatic carbocycles. The van der Waals surface area contributed by atoms with Crippen LogP contribution in [0.5, 0.6) is 0 Å². The minimum Gasteiger partial charge on any atom is -0.465 e. The molecule has 0 unspecified atom stereocenters. The third-order valence-electron chi connectivity index (χ3n) is 1.66. The number of hydrogen-bond acceptors (Lipinski definition) is 4. The van der Waals surface area contributed by atoms with Gasteiger partial charge in [0.2, 0.25) is 0 Å². The normalized spacial score (nSPS) is 9.56. The number of methoxy groups -OCH3 is 1. The standard InChI is InChI=1S/C10H11O2.Na.H2O4S/c1-3-8-4-6-9(7-5-8)10(11)12-2;;1-5(2,3)4/h4-7H,1,3H2,2H3;;(H2,1,2,3,4)/q-1;+1;. The molecule has 96 valence electrons. The predicted molar refractivity (Wildman–Crippen MR) is 61.0 cm³/mol. The summed E-state index contributed by atoms with van der Waals surface area (Å²) in [6.07, 6.45) is 0.738. The van der Waals surface area contributed by atoms with E-state index >= 15 is 0 Å². The Bertz CT molecular complexity index is 446. The monoisotopic (exact) mass is 284 g/mol. The maximum Gasteiger partial charge on any atom is 1.00 e. The molecular weight excluding hydrogens is 271 g/mol. The first-order valence-corrected chi connectivity index (χ1v) is 5.84. The van der Waals surface area contributed by atoms with E-state index in [1.807, 2.05) is 12.1 Å². The maximum absolute atomic E-state index is 11.0. The van der Waals surface area contributed by atoms with Crippen molar-refractivity contribution in [3.8, 4) is 0 Å². The third kappa shape index (κ3) is 10.7. The number of rotatable bonds is 2. The van der Waals surface area contributed by atoms with Crippen LogP contribution in [0.1, 0.15) is 15.9 Å². The van der Waals surface area contributed by atoms with Crippen molar-refractivity contribution in [3.63, 3.8) is 0 Å². The Labute approximate surface area is 128 Å². The Balaban J connectivity index is 0. The molecule has 0 radical (unpaired) electrons. The van der Waals surface area contributed by atoms with Crippen molar-refractivity contribution in [2.75, 3.05) is 7.11 Å². The number of carbonyl (C=O) groups excluding carboxylic acids is 1. The summed E-state index contributed by atoms with van der Waals surface area (Å²) in [7, 11) is -3.29. The van der Waals surface area contributed by atoms with Gasteiger partial charge in [0.25, 0.3) is 0 Å². The van der Waals surface area contributed by atoms with Gasteiger partial charge in [-0.3, -0.25) is 9.11 Å². The van der Waals surface area contributed by atoms with E-state index in [1.165, 1.54) is 7.11 Å². The molecule has 0 heterocycles. The molecule has 8 heteroatoms. The Morgan fingerprint density at radius 2 is 1.67 bits per heavy atom. The largest absolute Gasteiger partial charge is 1.00 e. The second kappa shape index (κ2) is 9.48. The van der Waals surface area contributed by atoms with Crippen LogP contribution in [0.25, 0.3) is 0 Å². The number of benzene rings is 1. The molecule has 0 aliphatic rings. The van der Waals surface area contributed by atoms with Gasteiger partial charge >= 0.3 is 45.9 Å². The molecule has 0 spiro atoms. The van der Waals surface area contributed by atoms with Crippen LogP contribution in [0.15, 0.2) is 24.3 Å². The average Bonchev–Trinajstić information content (AvgIpc) is 2.26. The van der Waals surface area contributed by atoms with E-state index in [2.05, 4.69) is 11.7 Å². The van der Waals surface area contributed by atoms with Gasteiger partial charge in [0.15, 0.2) is 0 Å². The fraction of sp³-hybridized carbons (Fsp3) is 0.200. The molecule has 0 aliphatic heterocycles. The van der Waals surface area contributed by atoms with Crippen LogP contribution in [-0.2, 0) is 21.6 Å². The molecule has 0 aromatic heterocycles. The maximum atomic E-state index is 11.0. The summed E-state index contributed by atoms with van der Waals surface area (Å²) in [4.78, 5) is 11.0. The fourth-order valence-corrected chi connectivity index (χ4v) is 0.925. The van der Waals surface area contributed by atoms with Gasteiger partial charge in [-0.1, -0.05) is 17.7 Å². The second-order valence-corrected chi connectivity index (χ2v) is 3.78. The quantitative estimate of drug-likeness (QED) is 0.288. The molecule has 18 heavy (non-hydrogen) atoms. The van der Waals surface area contributed by atoms with E-state index in [4.69, 9.17) is 17.5 Å². The van der Waals surface area contributed by atoms with E-state index in [1.54, 1.807) is 12.1 Å². The molecule has 1 rings (SSSR count). The van der Waals surface area contributed by atoms with Gasteiger partial charge in [-0.2, -0.15) is 14.8 Å². The zero-order valence-electron chi connectivity index (χ0n) is 10.2. The van der Waals surface area contributed by atoms with E-state index in [9.17, 15) is 4.79 Å². The van der Waals surface area contributed by atoms with Crippen molar-refractivity contribution < 1.29 is 56.6 Å². The van der Waals surface area contributed by atoms with Gasteiger partial charge in [0.1, 0.15) is 0 Å². The van der Waals surface area contributed by atoms with E-state index < -0.39 is 10.4 Å². The molecule has 2 N–H and O–H groups in total. The summed E-state index contributed by atoms with van der Waals surface area (Å²) >= 11 is 0. The molecule has 0 saturated heterocycles. The summed E-state index contributed by atoms with van der Waals surface area (Å²) in [6, 6.07) is 7.23. The molecule has 0 amide bonds. The Kier molecular flexibility index (Phi) is 10.5. The van der Waals surface area contributed by atoms with Crippen molar-refractivity contribution in [2.45, 2.75) is 6.42 Å². The summed E-state index contributed by atoms with van der Waals surface area (Å²) in [5, 5.41) is 0. The first-order valence-electron chi connectivity index (χ1n) is 4.44. The molecular formula is C10H13NaO6S. The molecule has 6 nitrogen and oxygen atoms in total. The minimum absolute atomic E-state index is 0. The molecule has 0 bridgehead atoms. The Morgan fingerprint density at radius 1 is 1.28 bits per heavy atom. The first-order chi connectivity index (χ1) is 7.77. The number of hydrogen-bond donors (Lipinski definition) is 2. The van der Waals surface area contributed by atoms with Gasteiger partial charge in [-0.05, 0) is 12.1 Å². The topological polar surface area (TPSA) is 101 Å². The van der Waals surface area contributed by atoms with Crippen LogP contribution in [0, 0.1) is 6.92 Å². The number of carbonyl (C=O) groups is 1. The molecule has 0 fully saturated rings. The summed E-state index contributed by atoms with van der Waals surface area (Å²) < 4.78 is 36.1. The second-order valence-electron chi connectivity index (χ2n) is 2.89. The Morgan fingerprint density at radius 3 is 1.94 bits per heavy atom. The van der Waals surface area contributed by atoms with Gasteiger partial charge in [0.05, 0.1) is 12.7 Å². The fourth-order valence-electron chi connectivity index (χ4n) is 0.925. The van der Waals surface area contributed by atoms with Crippen LogP contribution in [0.4, 0.5) is 0 Å². The van der Waals surface area contributed by atoms with Crippen LogP contribution in [0.3, 0.4) is 0 Å². The number of ether oxygens (including phenoxy) is 1. The van der Waals surface area contributed by atoms with Crippen LogP contribution >= 0.6 is 0 Å². The van der Waals surface area contributed by atoms with Crippen LogP contribution in [0.2, 0.25) is 0 Å². The van der Waals surface area contributed by atoms with Crippen molar-refractivity contribution in [1.29, 1.82) is 0 Å². The van der Waals surface area contributed by atoms with Crippen molar-refractivity contribution >= 4 is 16.4 Å². The SMILES string of the molecule is O=S(=O)(O)O.[CH2-]Cc1ccc(C(=O)OC)cc1.[Na+]. The van der Waals surface area contributed by atoms with E-state index in [0.717, 1.165) is 12.0 Å². The van der Waals surface area contributed by atoms with Crippen LogP contribution in [-0.4, -0.2) is 30.6 Å². The number of esters is 1. The van der Waals surface area contributed by atoms with Crippen molar-refractivity contribution in [2.24, 2.45) is 0 Å². The minimum atomic E-state index is -4.67.